The number of hydrogen-bond acceptors (Lipinski definition) is 3. The predicted molar refractivity (Wildman–Crippen MR) is 105 cm³/mol. The summed E-state index contributed by atoms with van der Waals surface area (Å²) in [6.45, 7) is 5.92. The van der Waals surface area contributed by atoms with Gasteiger partial charge in [-0.25, -0.2) is 4.39 Å². The molecule has 4 bridgehead atoms. The van der Waals surface area contributed by atoms with E-state index in [1.165, 1.54) is 24.3 Å². The van der Waals surface area contributed by atoms with Gasteiger partial charge in [-0.1, -0.05) is 23.2 Å². The largest absolute Gasteiger partial charge is 0.462 e. The third kappa shape index (κ3) is 3.70. The Morgan fingerprint density at radius 3 is 2.22 bits per heavy atom. The van der Waals surface area contributed by atoms with Crippen molar-refractivity contribution < 1.29 is 18.7 Å². The van der Waals surface area contributed by atoms with Crippen LogP contribution >= 0.6 is 23.2 Å². The summed E-state index contributed by atoms with van der Waals surface area (Å²) in [5.74, 6) is -0.562. The second-order valence-corrected chi connectivity index (χ2v) is 7.88. The second kappa shape index (κ2) is 6.98. The summed E-state index contributed by atoms with van der Waals surface area (Å²) in [6.07, 6.45) is 1.53. The van der Waals surface area contributed by atoms with Crippen molar-refractivity contribution in [3.63, 3.8) is 0 Å². The molecule has 2 aromatic rings. The maximum Gasteiger partial charge on any atom is 0.293 e. The Balaban J connectivity index is 0.000000260. The molecule has 27 heavy (non-hydrogen) atoms. The summed E-state index contributed by atoms with van der Waals surface area (Å²) >= 11 is 11.8. The zero-order valence-corrected chi connectivity index (χ0v) is 16.4. The number of anilines is 2. The van der Waals surface area contributed by atoms with E-state index in [4.69, 9.17) is 23.2 Å². The van der Waals surface area contributed by atoms with Crippen LogP contribution < -0.4 is 4.90 Å². The van der Waals surface area contributed by atoms with Gasteiger partial charge < -0.3 is 4.74 Å². The number of ether oxygens (including phenoxy) is 1. The van der Waals surface area contributed by atoms with Crippen molar-refractivity contribution in [3.8, 4) is 0 Å². The van der Waals surface area contributed by atoms with Crippen molar-refractivity contribution >= 4 is 58.6 Å². The first-order valence-corrected chi connectivity index (χ1v) is 8.84. The zero-order valence-electron chi connectivity index (χ0n) is 14.8. The van der Waals surface area contributed by atoms with E-state index >= 15 is 0 Å². The minimum absolute atomic E-state index is 0.152. The number of rotatable bonds is 2. The number of hydrogen-bond donors (Lipinski definition) is 0. The first kappa shape index (κ1) is 19.4. The fourth-order valence-corrected chi connectivity index (χ4v) is 3.18. The van der Waals surface area contributed by atoms with Gasteiger partial charge in [-0.2, -0.15) is 0 Å². The maximum absolute atomic E-state index is 13.8. The standard InChI is InChI=1S/C15H6Cl2FNO.C5H10O2/c16-8-1-2-11(18)7(3-8)4-10-14-12-5-9(17)6-13(14)19(12)15(10)20;1-5(2,3)7-4-6/h1-6H;4H,1-3H3. The Hall–Kier alpha value is -2.37. The number of amides is 1. The van der Waals surface area contributed by atoms with E-state index in [0.717, 1.165) is 16.9 Å². The van der Waals surface area contributed by atoms with Crippen LogP contribution in [-0.4, -0.2) is 18.0 Å². The molecule has 1 amide bonds. The van der Waals surface area contributed by atoms with Crippen molar-refractivity contribution in [1.29, 1.82) is 0 Å². The van der Waals surface area contributed by atoms with Crippen molar-refractivity contribution in [1.82, 2.24) is 0 Å². The van der Waals surface area contributed by atoms with Crippen LogP contribution in [0.1, 0.15) is 31.9 Å². The Labute approximate surface area is 166 Å². The highest BCUT2D eigenvalue weighted by Crippen LogP contribution is 2.57. The van der Waals surface area contributed by atoms with Crippen molar-refractivity contribution in [2.24, 2.45) is 0 Å². The third-order valence-electron chi connectivity index (χ3n) is 3.91. The molecule has 140 valence electrons. The van der Waals surface area contributed by atoms with E-state index in [1.54, 1.807) is 17.0 Å². The van der Waals surface area contributed by atoms with E-state index in [-0.39, 0.29) is 11.5 Å². The lowest BCUT2D eigenvalue weighted by Crippen LogP contribution is -2.22. The molecule has 0 saturated heterocycles. The van der Waals surface area contributed by atoms with E-state index in [1.807, 2.05) is 20.8 Å². The molecule has 7 heteroatoms. The lowest BCUT2D eigenvalue weighted by Gasteiger charge is -2.26. The summed E-state index contributed by atoms with van der Waals surface area (Å²) in [5, 5.41) is 1.02. The van der Waals surface area contributed by atoms with E-state index in [2.05, 4.69) is 4.74 Å². The molecule has 3 aliphatic heterocycles. The van der Waals surface area contributed by atoms with Gasteiger partial charge in [-0.05, 0) is 57.2 Å². The second-order valence-electron chi connectivity index (χ2n) is 7.01. The SMILES string of the molecule is CC(C)(C)OC=O.O=C1C(=Cc2cc(Cl)ccc2F)c2c3cc(Cl)cc2N13. The molecule has 3 aliphatic rings. The number of carbonyl (C=O) groups excluding carboxylic acids is 2. The summed E-state index contributed by atoms with van der Waals surface area (Å²) in [4.78, 5) is 23.4. The Bertz CT molecular complexity index is 955. The van der Waals surface area contributed by atoms with Crippen molar-refractivity contribution in [2.75, 3.05) is 4.90 Å². The third-order valence-corrected chi connectivity index (χ3v) is 4.36. The minimum Gasteiger partial charge on any atom is -0.462 e. The quantitative estimate of drug-likeness (QED) is 0.479. The number of nitrogens with zero attached hydrogens (tertiary/aromatic N) is 1. The number of carbonyl (C=O) groups is 2. The molecular weight excluding hydrogens is 392 g/mol. The zero-order chi connectivity index (χ0) is 19.9. The average Bonchev–Trinajstić information content (AvgIpc) is 2.98. The molecule has 0 unspecified atom stereocenters. The first-order chi connectivity index (χ1) is 12.6. The molecule has 0 fully saturated rings. The molecule has 0 spiro atoms. The predicted octanol–water partition coefficient (Wildman–Crippen LogP) is 5.62. The van der Waals surface area contributed by atoms with Crippen LogP contribution in [0.4, 0.5) is 15.8 Å². The van der Waals surface area contributed by atoms with Crippen LogP contribution in [0, 0.1) is 5.82 Å². The summed E-state index contributed by atoms with van der Waals surface area (Å²) < 4.78 is 18.3. The van der Waals surface area contributed by atoms with Crippen LogP contribution in [0.2, 0.25) is 10.0 Å². The van der Waals surface area contributed by atoms with Gasteiger partial charge in [0.25, 0.3) is 12.4 Å². The molecule has 0 saturated carbocycles. The molecule has 0 atom stereocenters. The van der Waals surface area contributed by atoms with E-state index in [0.29, 0.717) is 27.7 Å². The molecule has 0 aliphatic carbocycles. The van der Waals surface area contributed by atoms with Crippen LogP contribution in [0.15, 0.2) is 30.3 Å². The number of benzene rings is 2. The normalized spacial score (nSPS) is 15.3. The molecule has 4 nitrogen and oxygen atoms in total. The van der Waals surface area contributed by atoms with Gasteiger partial charge in [-0.15, -0.1) is 0 Å². The Morgan fingerprint density at radius 2 is 1.70 bits per heavy atom. The summed E-state index contributed by atoms with van der Waals surface area (Å²) in [7, 11) is 0. The van der Waals surface area contributed by atoms with E-state index < -0.39 is 5.82 Å². The van der Waals surface area contributed by atoms with Crippen molar-refractivity contribution in [3.05, 3.63) is 57.3 Å². The fraction of sp³-hybridized carbons (Fsp3) is 0.200. The topological polar surface area (TPSA) is 46.6 Å². The smallest absolute Gasteiger partial charge is 0.293 e. The highest BCUT2D eigenvalue weighted by molar-refractivity contribution is 6.46. The van der Waals surface area contributed by atoms with Gasteiger partial charge in [0.05, 0.1) is 16.9 Å². The van der Waals surface area contributed by atoms with Crippen molar-refractivity contribution in [2.45, 2.75) is 26.4 Å². The number of halogens is 3. The Kier molecular flexibility index (Phi) is 5.02. The van der Waals surface area contributed by atoms with Gasteiger partial charge in [-0.3, -0.25) is 14.5 Å². The maximum atomic E-state index is 13.8. The molecular formula is C20H16Cl2FNO3. The lowest BCUT2D eigenvalue weighted by molar-refractivity contribution is -0.138. The fourth-order valence-electron chi connectivity index (χ4n) is 2.79. The highest BCUT2D eigenvalue weighted by Gasteiger charge is 2.46. The molecule has 0 N–H and O–H groups in total. The molecule has 5 rings (SSSR count). The van der Waals surface area contributed by atoms with Crippen LogP contribution in [0.5, 0.6) is 0 Å². The van der Waals surface area contributed by atoms with Gasteiger partial charge in [0.2, 0.25) is 0 Å². The first-order valence-electron chi connectivity index (χ1n) is 8.09. The molecule has 0 radical (unpaired) electrons. The highest BCUT2D eigenvalue weighted by atomic mass is 35.5. The molecule has 3 heterocycles. The van der Waals surface area contributed by atoms with Crippen LogP contribution in [0.3, 0.4) is 0 Å². The molecule has 2 aromatic carbocycles. The summed E-state index contributed by atoms with van der Waals surface area (Å²) in [6, 6.07) is 7.72. The van der Waals surface area contributed by atoms with Gasteiger partial charge >= 0.3 is 0 Å². The van der Waals surface area contributed by atoms with Gasteiger partial charge in [0, 0.05) is 21.2 Å². The summed E-state index contributed by atoms with van der Waals surface area (Å²) in [5.41, 5.74) is 2.86. The van der Waals surface area contributed by atoms with Gasteiger partial charge in [0.1, 0.15) is 11.4 Å². The minimum atomic E-state index is -0.410. The van der Waals surface area contributed by atoms with E-state index in [9.17, 15) is 14.0 Å². The monoisotopic (exact) mass is 407 g/mol. The molecule has 0 aromatic heterocycles. The van der Waals surface area contributed by atoms with Crippen LogP contribution in [0.25, 0.3) is 11.6 Å². The van der Waals surface area contributed by atoms with Crippen LogP contribution in [-0.2, 0) is 14.3 Å². The average molecular weight is 408 g/mol. The number of fused-ring (bicyclic) bond motifs is 1. The lowest BCUT2D eigenvalue weighted by atomic mass is 10.00. The van der Waals surface area contributed by atoms with Gasteiger partial charge in [0.15, 0.2) is 0 Å². The Morgan fingerprint density at radius 1 is 1.07 bits per heavy atom.